The summed E-state index contributed by atoms with van der Waals surface area (Å²) >= 11 is 12.9. The third-order valence-electron chi connectivity index (χ3n) is 8.57. The van der Waals surface area contributed by atoms with E-state index >= 15 is 0 Å². The van der Waals surface area contributed by atoms with Crippen molar-refractivity contribution in [1.82, 2.24) is 10.1 Å². The van der Waals surface area contributed by atoms with Crippen molar-refractivity contribution < 1.29 is 28.3 Å². The average molecular weight is 587 g/mol. The molecule has 0 unspecified atom stereocenters. The molecule has 0 aliphatic heterocycles. The quantitative estimate of drug-likeness (QED) is 0.258. The Morgan fingerprint density at radius 1 is 1.12 bits per heavy atom. The van der Waals surface area contributed by atoms with Gasteiger partial charge in [0.15, 0.2) is 6.61 Å². The first-order valence-electron chi connectivity index (χ1n) is 13.5. The molecule has 2 heterocycles. The predicted octanol–water partition coefficient (Wildman–Crippen LogP) is 7.85. The van der Waals surface area contributed by atoms with Gasteiger partial charge >= 0.3 is 5.97 Å². The number of allylic oxidation sites excluding steroid dienone is 1. The smallest absolute Gasteiger partial charge is 0.341 e. The number of aromatic nitrogens is 2. The van der Waals surface area contributed by atoms with Crippen LogP contribution in [0.25, 0.3) is 17.3 Å². The van der Waals surface area contributed by atoms with Crippen LogP contribution < -0.4 is 4.74 Å². The number of rotatable bonds is 10. The molecule has 2 bridgehead atoms. The first-order valence-corrected chi connectivity index (χ1v) is 14.3. The largest absolute Gasteiger partial charge is 0.482 e. The summed E-state index contributed by atoms with van der Waals surface area (Å²) in [5.41, 5.74) is 2.41. The molecule has 0 amide bonds. The van der Waals surface area contributed by atoms with Gasteiger partial charge in [-0.1, -0.05) is 40.5 Å². The molecule has 10 heteroatoms. The second-order valence-electron chi connectivity index (χ2n) is 11.2. The van der Waals surface area contributed by atoms with Crippen LogP contribution in [0.15, 0.2) is 41.2 Å². The van der Waals surface area contributed by atoms with Gasteiger partial charge in [0, 0.05) is 41.1 Å². The van der Waals surface area contributed by atoms with E-state index in [4.69, 9.17) is 42.3 Å². The van der Waals surface area contributed by atoms with Crippen molar-refractivity contribution in [2.45, 2.75) is 69.5 Å². The van der Waals surface area contributed by atoms with Gasteiger partial charge < -0.3 is 19.1 Å². The summed E-state index contributed by atoms with van der Waals surface area (Å²) in [5, 5.41) is 14.0. The summed E-state index contributed by atoms with van der Waals surface area (Å²) in [5.74, 6) is -0.135. The number of aliphatic carboxylic acids is 1. The monoisotopic (exact) mass is 586 g/mol. The van der Waals surface area contributed by atoms with Crippen molar-refractivity contribution in [1.29, 1.82) is 0 Å². The molecule has 7 nitrogen and oxygen atoms in total. The van der Waals surface area contributed by atoms with E-state index in [0.717, 1.165) is 62.7 Å². The Bertz CT molecular complexity index is 1420. The van der Waals surface area contributed by atoms with Crippen LogP contribution in [0.3, 0.4) is 0 Å². The molecule has 4 aliphatic rings. The number of ether oxygens (including phenoxy) is 2. The molecule has 0 saturated heterocycles. The van der Waals surface area contributed by atoms with Crippen LogP contribution in [0, 0.1) is 11.2 Å². The highest BCUT2D eigenvalue weighted by Crippen LogP contribution is 2.55. The van der Waals surface area contributed by atoms with Gasteiger partial charge in [0.1, 0.15) is 23.0 Å². The van der Waals surface area contributed by atoms with E-state index in [1.807, 2.05) is 6.08 Å². The maximum atomic E-state index is 14.6. The molecule has 4 aliphatic carbocycles. The van der Waals surface area contributed by atoms with Crippen molar-refractivity contribution in [2.24, 2.45) is 5.41 Å². The van der Waals surface area contributed by atoms with Crippen LogP contribution in [-0.4, -0.2) is 33.4 Å². The number of nitrogens with zero attached hydrogens (tertiary/aromatic N) is 2. The van der Waals surface area contributed by atoms with Gasteiger partial charge in [-0.05, 0) is 68.9 Å². The molecule has 3 aromatic rings. The Hall–Kier alpha value is -2.94. The number of carboxylic acids is 1. The maximum absolute atomic E-state index is 14.6. The number of fused-ring (bicyclic) bond motifs is 3. The zero-order valence-electron chi connectivity index (χ0n) is 21.8. The van der Waals surface area contributed by atoms with Crippen molar-refractivity contribution in [3.63, 3.8) is 0 Å². The van der Waals surface area contributed by atoms with Crippen LogP contribution in [0.1, 0.15) is 74.2 Å². The Morgan fingerprint density at radius 2 is 1.82 bits per heavy atom. The summed E-state index contributed by atoms with van der Waals surface area (Å²) in [4.78, 5) is 14.7. The predicted molar refractivity (Wildman–Crippen MR) is 148 cm³/mol. The van der Waals surface area contributed by atoms with Gasteiger partial charge in [-0.15, -0.1) is 0 Å². The SMILES string of the molecule is O=C(O)COc1ccc(C=CC23CCC(OCc4c(-c5c(Cl)cncc5Cl)noc4C4CC4)(CC2)CC3)c(F)c1. The fourth-order valence-corrected chi connectivity index (χ4v) is 6.52. The van der Waals surface area contributed by atoms with E-state index < -0.39 is 18.4 Å². The minimum atomic E-state index is -1.11. The molecular formula is C30H29Cl2FN2O5. The zero-order valence-corrected chi connectivity index (χ0v) is 23.3. The lowest BCUT2D eigenvalue weighted by Crippen LogP contribution is -2.46. The highest BCUT2D eigenvalue weighted by molar-refractivity contribution is 6.38. The number of carbonyl (C=O) groups is 1. The molecule has 4 saturated carbocycles. The molecule has 0 spiro atoms. The number of hydrogen-bond acceptors (Lipinski definition) is 6. The molecule has 7 rings (SSSR count). The Morgan fingerprint density at radius 3 is 2.45 bits per heavy atom. The lowest BCUT2D eigenvalue weighted by atomic mass is 9.58. The second-order valence-corrected chi connectivity index (χ2v) is 12.0. The second kappa shape index (κ2) is 10.8. The maximum Gasteiger partial charge on any atom is 0.341 e. The lowest BCUT2D eigenvalue weighted by molar-refractivity contribution is -0.139. The van der Waals surface area contributed by atoms with Crippen molar-refractivity contribution in [3.05, 3.63) is 69.4 Å². The lowest BCUT2D eigenvalue weighted by Gasteiger charge is -2.52. The highest BCUT2D eigenvalue weighted by Gasteiger charge is 2.48. The Balaban J connectivity index is 1.13. The van der Waals surface area contributed by atoms with Crippen molar-refractivity contribution in [2.75, 3.05) is 6.61 Å². The third-order valence-corrected chi connectivity index (χ3v) is 9.14. The standard InChI is InChI=1S/C30H29Cl2FN2O5/c31-22-14-34-15-23(32)26(22)27-21(28(40-35-27)19-1-2-19)16-39-30-10-7-29(8-11-30,9-12-30)6-5-18-3-4-20(13-24(18)33)38-17-25(36)37/h3-6,13-15,19H,1-2,7-12,16-17H2,(H,36,37). The first kappa shape index (κ1) is 27.2. The van der Waals surface area contributed by atoms with Crippen LogP contribution in [0.4, 0.5) is 4.39 Å². The van der Waals surface area contributed by atoms with Gasteiger partial charge in [0.2, 0.25) is 0 Å². The van der Waals surface area contributed by atoms with E-state index in [1.165, 1.54) is 6.07 Å². The fraction of sp³-hybridized carbons (Fsp3) is 0.433. The fourth-order valence-electron chi connectivity index (χ4n) is 5.98. The van der Waals surface area contributed by atoms with Gasteiger partial charge in [-0.2, -0.15) is 0 Å². The van der Waals surface area contributed by atoms with E-state index in [-0.39, 0.29) is 16.8 Å². The summed E-state index contributed by atoms with van der Waals surface area (Å²) in [7, 11) is 0. The normalized spacial score (nSPS) is 24.1. The third kappa shape index (κ3) is 5.49. The Labute approximate surface area is 241 Å². The number of pyridine rings is 1. The van der Waals surface area contributed by atoms with Crippen molar-refractivity contribution >= 4 is 35.2 Å². The molecule has 1 aromatic carbocycles. The Kier molecular flexibility index (Phi) is 7.36. The van der Waals surface area contributed by atoms with E-state index in [2.05, 4.69) is 16.2 Å². The minimum Gasteiger partial charge on any atom is -0.482 e. The van der Waals surface area contributed by atoms with Gasteiger partial charge in [0.25, 0.3) is 0 Å². The van der Waals surface area contributed by atoms with E-state index in [0.29, 0.717) is 39.4 Å². The summed E-state index contributed by atoms with van der Waals surface area (Å²) < 4.78 is 32.2. The van der Waals surface area contributed by atoms with Crippen molar-refractivity contribution in [3.8, 4) is 17.0 Å². The summed E-state index contributed by atoms with van der Waals surface area (Å²) in [6.07, 6.45) is 14.8. The molecule has 1 N–H and O–H groups in total. The van der Waals surface area contributed by atoms with Crippen LogP contribution in [0.2, 0.25) is 10.0 Å². The van der Waals surface area contributed by atoms with Gasteiger partial charge in [0.05, 0.1) is 22.3 Å². The molecule has 4 fully saturated rings. The van der Waals surface area contributed by atoms with Crippen LogP contribution in [0.5, 0.6) is 5.75 Å². The number of benzene rings is 1. The van der Waals surface area contributed by atoms with E-state index in [1.54, 1.807) is 24.5 Å². The highest BCUT2D eigenvalue weighted by atomic mass is 35.5. The number of carboxylic acid groups (broad SMARTS) is 1. The number of halogens is 3. The molecule has 0 radical (unpaired) electrons. The molecule has 210 valence electrons. The van der Waals surface area contributed by atoms with Crippen LogP contribution >= 0.6 is 23.2 Å². The number of hydrogen-bond donors (Lipinski definition) is 1. The zero-order chi connectivity index (χ0) is 27.9. The molecular weight excluding hydrogens is 558 g/mol. The molecule has 0 atom stereocenters. The van der Waals surface area contributed by atoms with E-state index in [9.17, 15) is 9.18 Å². The average Bonchev–Trinajstić information content (AvgIpc) is 3.71. The molecule has 40 heavy (non-hydrogen) atoms. The van der Waals surface area contributed by atoms with Gasteiger partial charge in [-0.3, -0.25) is 4.98 Å². The summed E-state index contributed by atoms with van der Waals surface area (Å²) in [6, 6.07) is 4.43. The topological polar surface area (TPSA) is 94.7 Å². The summed E-state index contributed by atoms with van der Waals surface area (Å²) in [6.45, 7) is -0.128. The first-order chi connectivity index (χ1) is 19.3. The molecule has 2 aromatic heterocycles. The van der Waals surface area contributed by atoms with Crippen LogP contribution in [-0.2, 0) is 16.1 Å². The van der Waals surface area contributed by atoms with Gasteiger partial charge in [-0.25, -0.2) is 9.18 Å². The minimum absolute atomic E-state index is 0.00957.